The van der Waals surface area contributed by atoms with Crippen molar-refractivity contribution in [3.63, 3.8) is 0 Å². The van der Waals surface area contributed by atoms with Crippen molar-refractivity contribution in [1.82, 2.24) is 10.2 Å². The smallest absolute Gasteiger partial charge is 0.261 e. The van der Waals surface area contributed by atoms with Crippen LogP contribution in [0, 0.1) is 5.41 Å². The molecule has 3 amide bonds. The number of amides is 3. The second kappa shape index (κ2) is 7.35. The molecule has 3 rings (SSSR count). The van der Waals surface area contributed by atoms with Crippen molar-refractivity contribution in [1.29, 1.82) is 0 Å². The third kappa shape index (κ3) is 3.58. The van der Waals surface area contributed by atoms with Gasteiger partial charge in [-0.15, -0.1) is 0 Å². The van der Waals surface area contributed by atoms with Crippen LogP contribution in [0.15, 0.2) is 24.3 Å². The highest BCUT2D eigenvalue weighted by atomic mass is 16.3. The van der Waals surface area contributed by atoms with Crippen LogP contribution in [0.25, 0.3) is 0 Å². The van der Waals surface area contributed by atoms with E-state index in [4.69, 9.17) is 0 Å². The Morgan fingerprint density at radius 2 is 1.68 bits per heavy atom. The summed E-state index contributed by atoms with van der Waals surface area (Å²) in [6.45, 7) is 0.598. The molecule has 2 aliphatic rings. The molecule has 0 unspecified atom stereocenters. The van der Waals surface area contributed by atoms with Crippen molar-refractivity contribution >= 4 is 17.7 Å². The lowest BCUT2D eigenvalue weighted by Crippen LogP contribution is -2.42. The molecule has 2 N–H and O–H groups in total. The summed E-state index contributed by atoms with van der Waals surface area (Å²) in [5, 5.41) is 12.5. The Bertz CT molecular complexity index is 645. The molecule has 0 bridgehead atoms. The van der Waals surface area contributed by atoms with Crippen LogP contribution in [0.3, 0.4) is 0 Å². The number of nitrogens with one attached hydrogen (secondary N) is 1. The van der Waals surface area contributed by atoms with Crippen molar-refractivity contribution in [2.75, 3.05) is 19.7 Å². The standard InChI is InChI=1S/C19H24N2O4/c22-13-19(9-4-1-5-10-19)12-20-16(23)8-11-21-17(24)14-6-2-3-7-15(14)18(21)25/h2-3,6-7,22H,1,4-5,8-13H2,(H,20,23). The maximum Gasteiger partial charge on any atom is 0.261 e. The normalized spacial score (nSPS) is 19.0. The summed E-state index contributed by atoms with van der Waals surface area (Å²) in [4.78, 5) is 37.8. The van der Waals surface area contributed by atoms with Gasteiger partial charge in [0.05, 0.1) is 17.7 Å². The zero-order valence-electron chi connectivity index (χ0n) is 14.3. The van der Waals surface area contributed by atoms with E-state index >= 15 is 0 Å². The lowest BCUT2D eigenvalue weighted by molar-refractivity contribution is -0.122. The van der Waals surface area contributed by atoms with Crippen molar-refractivity contribution in [2.24, 2.45) is 5.41 Å². The lowest BCUT2D eigenvalue weighted by Gasteiger charge is -2.35. The van der Waals surface area contributed by atoms with Crippen LogP contribution in [-0.4, -0.2) is 47.4 Å². The number of nitrogens with zero attached hydrogens (tertiary/aromatic N) is 1. The summed E-state index contributed by atoms with van der Waals surface area (Å²) >= 11 is 0. The molecule has 0 atom stereocenters. The van der Waals surface area contributed by atoms with E-state index < -0.39 is 0 Å². The summed E-state index contributed by atoms with van der Waals surface area (Å²) < 4.78 is 0. The molecule has 1 aromatic rings. The molecule has 0 saturated heterocycles. The SMILES string of the molecule is O=C(CCN1C(=O)c2ccccc2C1=O)NCC1(CO)CCCCC1. The first-order valence-electron chi connectivity index (χ1n) is 8.89. The highest BCUT2D eigenvalue weighted by Crippen LogP contribution is 2.35. The van der Waals surface area contributed by atoms with Crippen LogP contribution in [-0.2, 0) is 4.79 Å². The maximum absolute atomic E-state index is 12.3. The number of aliphatic hydroxyl groups is 1. The molecule has 134 valence electrons. The second-order valence-corrected chi connectivity index (χ2v) is 7.05. The molecule has 0 radical (unpaired) electrons. The Hall–Kier alpha value is -2.21. The first-order valence-corrected chi connectivity index (χ1v) is 8.89. The van der Waals surface area contributed by atoms with Crippen molar-refractivity contribution < 1.29 is 19.5 Å². The van der Waals surface area contributed by atoms with Crippen LogP contribution in [0.4, 0.5) is 0 Å². The van der Waals surface area contributed by atoms with E-state index in [0.29, 0.717) is 17.7 Å². The molecule has 1 fully saturated rings. The fourth-order valence-electron chi connectivity index (χ4n) is 3.72. The first kappa shape index (κ1) is 17.6. The van der Waals surface area contributed by atoms with Crippen LogP contribution in [0.1, 0.15) is 59.2 Å². The quantitative estimate of drug-likeness (QED) is 0.770. The predicted molar refractivity (Wildman–Crippen MR) is 92.0 cm³/mol. The topological polar surface area (TPSA) is 86.7 Å². The second-order valence-electron chi connectivity index (χ2n) is 7.05. The molecule has 1 heterocycles. The Labute approximate surface area is 147 Å². The summed E-state index contributed by atoms with van der Waals surface area (Å²) in [5.41, 5.74) is 0.576. The molecule has 6 nitrogen and oxygen atoms in total. The molecule has 1 aromatic carbocycles. The van der Waals surface area contributed by atoms with E-state index in [0.717, 1.165) is 30.6 Å². The minimum absolute atomic E-state index is 0.0737. The van der Waals surface area contributed by atoms with Crippen LogP contribution in [0.5, 0.6) is 0 Å². The van der Waals surface area contributed by atoms with E-state index in [1.165, 1.54) is 6.42 Å². The van der Waals surface area contributed by atoms with Crippen molar-refractivity contribution in [2.45, 2.75) is 38.5 Å². The van der Waals surface area contributed by atoms with Crippen molar-refractivity contribution in [3.8, 4) is 0 Å². The zero-order valence-corrected chi connectivity index (χ0v) is 14.3. The fourth-order valence-corrected chi connectivity index (χ4v) is 3.72. The van der Waals surface area contributed by atoms with Gasteiger partial charge in [-0.3, -0.25) is 19.3 Å². The average molecular weight is 344 g/mol. The lowest BCUT2D eigenvalue weighted by atomic mass is 9.74. The third-order valence-electron chi connectivity index (χ3n) is 5.35. The van der Waals surface area contributed by atoms with Gasteiger partial charge in [-0.25, -0.2) is 0 Å². The molecule has 1 aliphatic heterocycles. The predicted octanol–water partition coefficient (Wildman–Crippen LogP) is 1.73. The Morgan fingerprint density at radius 1 is 1.08 bits per heavy atom. The number of hydrogen-bond donors (Lipinski definition) is 2. The number of aliphatic hydroxyl groups excluding tert-OH is 1. The van der Waals surface area contributed by atoms with Gasteiger partial charge >= 0.3 is 0 Å². The third-order valence-corrected chi connectivity index (χ3v) is 5.35. The van der Waals surface area contributed by atoms with E-state index in [-0.39, 0.29) is 42.7 Å². The van der Waals surface area contributed by atoms with Gasteiger partial charge in [0.1, 0.15) is 0 Å². The van der Waals surface area contributed by atoms with E-state index in [2.05, 4.69) is 5.32 Å². The number of carbonyl (C=O) groups excluding carboxylic acids is 3. The Morgan fingerprint density at radius 3 is 2.24 bits per heavy atom. The number of carbonyl (C=O) groups is 3. The number of fused-ring (bicyclic) bond motifs is 1. The average Bonchev–Trinajstić information content (AvgIpc) is 2.90. The molecule has 6 heteroatoms. The summed E-state index contributed by atoms with van der Waals surface area (Å²) in [5.74, 6) is -0.880. The highest BCUT2D eigenvalue weighted by molar-refractivity contribution is 6.21. The molecule has 0 aromatic heterocycles. The minimum atomic E-state index is -0.340. The number of benzene rings is 1. The molecular formula is C19H24N2O4. The fraction of sp³-hybridized carbons (Fsp3) is 0.526. The Kier molecular flexibility index (Phi) is 5.18. The molecule has 1 saturated carbocycles. The van der Waals surface area contributed by atoms with Gasteiger partial charge < -0.3 is 10.4 Å². The van der Waals surface area contributed by atoms with Crippen LogP contribution >= 0.6 is 0 Å². The minimum Gasteiger partial charge on any atom is -0.396 e. The van der Waals surface area contributed by atoms with Gasteiger partial charge in [0.15, 0.2) is 0 Å². The van der Waals surface area contributed by atoms with Gasteiger partial charge in [0, 0.05) is 24.9 Å². The van der Waals surface area contributed by atoms with E-state index in [9.17, 15) is 19.5 Å². The molecule has 1 aliphatic carbocycles. The number of imide groups is 1. The summed E-state index contributed by atoms with van der Waals surface area (Å²) in [7, 11) is 0. The first-order chi connectivity index (χ1) is 12.1. The van der Waals surface area contributed by atoms with Gasteiger partial charge in [-0.1, -0.05) is 31.4 Å². The summed E-state index contributed by atoms with van der Waals surface area (Å²) in [6, 6.07) is 6.70. The van der Waals surface area contributed by atoms with Gasteiger partial charge in [0.25, 0.3) is 11.8 Å². The van der Waals surface area contributed by atoms with Crippen LogP contribution in [0.2, 0.25) is 0 Å². The molecule has 0 spiro atoms. The van der Waals surface area contributed by atoms with Crippen molar-refractivity contribution in [3.05, 3.63) is 35.4 Å². The largest absolute Gasteiger partial charge is 0.396 e. The molecule has 25 heavy (non-hydrogen) atoms. The monoisotopic (exact) mass is 344 g/mol. The van der Waals surface area contributed by atoms with Gasteiger partial charge in [-0.05, 0) is 25.0 Å². The van der Waals surface area contributed by atoms with Crippen LogP contribution < -0.4 is 5.32 Å². The van der Waals surface area contributed by atoms with E-state index in [1.54, 1.807) is 24.3 Å². The number of hydrogen-bond acceptors (Lipinski definition) is 4. The van der Waals surface area contributed by atoms with Gasteiger partial charge in [0.2, 0.25) is 5.91 Å². The van der Waals surface area contributed by atoms with E-state index in [1.807, 2.05) is 0 Å². The molecular weight excluding hydrogens is 320 g/mol. The summed E-state index contributed by atoms with van der Waals surface area (Å²) in [6.07, 6.45) is 5.24. The zero-order chi connectivity index (χ0) is 17.9. The Balaban J connectivity index is 1.51. The van der Waals surface area contributed by atoms with Gasteiger partial charge in [-0.2, -0.15) is 0 Å². The highest BCUT2D eigenvalue weighted by Gasteiger charge is 2.35. The maximum atomic E-state index is 12.3. The number of rotatable bonds is 6.